The number of carbonyl (C=O) groups excluding carboxylic acids is 1. The van der Waals surface area contributed by atoms with Gasteiger partial charge >= 0.3 is 0 Å². The van der Waals surface area contributed by atoms with Crippen molar-refractivity contribution in [3.8, 4) is 5.75 Å². The summed E-state index contributed by atoms with van der Waals surface area (Å²) in [6.07, 6.45) is 1.63. The fourth-order valence-electron chi connectivity index (χ4n) is 4.42. The number of para-hydroxylation sites is 1. The van der Waals surface area contributed by atoms with Gasteiger partial charge in [-0.05, 0) is 36.6 Å². The molecular weight excluding hydrogens is 380 g/mol. The van der Waals surface area contributed by atoms with Crippen LogP contribution in [0.15, 0.2) is 48.5 Å². The number of hydrogen-bond acceptors (Lipinski definition) is 5. The molecule has 2 aromatic carbocycles. The summed E-state index contributed by atoms with van der Waals surface area (Å²) >= 11 is 0. The molecule has 2 heterocycles. The Hall–Kier alpha value is -2.41. The third-order valence-electron chi connectivity index (χ3n) is 6.27. The Kier molecular flexibility index (Phi) is 6.09. The van der Waals surface area contributed by atoms with E-state index in [2.05, 4.69) is 10.2 Å². The normalized spacial score (nSPS) is 21.5. The molecule has 1 spiro atoms. The van der Waals surface area contributed by atoms with E-state index in [-0.39, 0.29) is 11.5 Å². The molecule has 6 heteroatoms. The number of nitrogens with zero attached hydrogens (tertiary/aromatic N) is 1. The zero-order valence-electron chi connectivity index (χ0n) is 17.4. The molecule has 2 unspecified atom stereocenters. The van der Waals surface area contributed by atoms with Crippen molar-refractivity contribution in [1.29, 1.82) is 0 Å². The van der Waals surface area contributed by atoms with Crippen LogP contribution in [-0.2, 0) is 4.79 Å². The Morgan fingerprint density at radius 1 is 1.20 bits per heavy atom. The molecule has 2 atom stereocenters. The first kappa shape index (κ1) is 20.8. The lowest BCUT2D eigenvalue weighted by Crippen LogP contribution is -2.51. The molecule has 0 radical (unpaired) electrons. The van der Waals surface area contributed by atoms with Crippen LogP contribution in [0.25, 0.3) is 0 Å². The van der Waals surface area contributed by atoms with Gasteiger partial charge < -0.3 is 25.2 Å². The van der Waals surface area contributed by atoms with Gasteiger partial charge in [-0.3, -0.25) is 4.79 Å². The van der Waals surface area contributed by atoms with Crippen molar-refractivity contribution in [3.05, 3.63) is 59.7 Å². The molecule has 1 saturated heterocycles. The second kappa shape index (κ2) is 8.76. The topological polar surface area (TPSA) is 82.0 Å². The van der Waals surface area contributed by atoms with E-state index < -0.39 is 12.2 Å². The van der Waals surface area contributed by atoms with Crippen molar-refractivity contribution in [3.63, 3.8) is 0 Å². The van der Waals surface area contributed by atoms with Gasteiger partial charge in [0.2, 0.25) is 5.91 Å². The number of rotatable bonds is 5. The first-order valence-electron chi connectivity index (χ1n) is 10.7. The summed E-state index contributed by atoms with van der Waals surface area (Å²) in [6, 6.07) is 15.1. The average molecular weight is 411 g/mol. The molecule has 2 aliphatic heterocycles. The van der Waals surface area contributed by atoms with Crippen LogP contribution in [0.3, 0.4) is 0 Å². The second-order valence-electron chi connectivity index (χ2n) is 8.38. The van der Waals surface area contributed by atoms with E-state index in [1.807, 2.05) is 55.5 Å². The van der Waals surface area contributed by atoms with E-state index in [9.17, 15) is 15.0 Å². The smallest absolute Gasteiger partial charge is 0.224 e. The number of aliphatic hydroxyl groups excluding tert-OH is 2. The Morgan fingerprint density at radius 3 is 2.60 bits per heavy atom. The Balaban J connectivity index is 1.32. The van der Waals surface area contributed by atoms with Crippen LogP contribution in [0.5, 0.6) is 5.75 Å². The minimum atomic E-state index is -0.589. The van der Waals surface area contributed by atoms with E-state index in [1.54, 1.807) is 0 Å². The summed E-state index contributed by atoms with van der Waals surface area (Å²) in [6.45, 7) is 4.00. The van der Waals surface area contributed by atoms with E-state index in [4.69, 9.17) is 4.74 Å². The lowest BCUT2D eigenvalue weighted by atomic mass is 9.81. The molecule has 2 aliphatic rings. The summed E-state index contributed by atoms with van der Waals surface area (Å²) < 4.78 is 6.34. The molecule has 1 fully saturated rings. The predicted molar refractivity (Wildman–Crippen MR) is 115 cm³/mol. The maximum Gasteiger partial charge on any atom is 0.224 e. The van der Waals surface area contributed by atoms with Gasteiger partial charge in [0.1, 0.15) is 11.4 Å². The number of anilines is 1. The van der Waals surface area contributed by atoms with Crippen molar-refractivity contribution in [2.45, 2.75) is 50.4 Å². The first-order valence-corrected chi connectivity index (χ1v) is 10.7. The molecule has 2 aromatic rings. The quantitative estimate of drug-likeness (QED) is 0.704. The van der Waals surface area contributed by atoms with Crippen molar-refractivity contribution in [2.24, 2.45) is 0 Å². The van der Waals surface area contributed by atoms with Crippen LogP contribution in [-0.4, -0.2) is 46.3 Å². The third-order valence-corrected chi connectivity index (χ3v) is 6.27. The Bertz CT molecular complexity index is 875. The Morgan fingerprint density at radius 2 is 1.90 bits per heavy atom. The van der Waals surface area contributed by atoms with Gasteiger partial charge in [0.05, 0.1) is 12.2 Å². The highest BCUT2D eigenvalue weighted by molar-refractivity contribution is 5.90. The number of likely N-dealkylation sites (tertiary alicyclic amines) is 1. The first-order chi connectivity index (χ1) is 14.5. The van der Waals surface area contributed by atoms with Crippen LogP contribution in [0.2, 0.25) is 0 Å². The maximum absolute atomic E-state index is 11.5. The van der Waals surface area contributed by atoms with Crippen LogP contribution in [0, 0.1) is 0 Å². The van der Waals surface area contributed by atoms with Crippen LogP contribution in [0.4, 0.5) is 5.69 Å². The number of aliphatic hydroxyl groups is 2. The number of hydrogen-bond donors (Lipinski definition) is 3. The lowest BCUT2D eigenvalue weighted by Gasteiger charge is -2.46. The zero-order valence-corrected chi connectivity index (χ0v) is 17.4. The van der Waals surface area contributed by atoms with Gasteiger partial charge in [-0.25, -0.2) is 0 Å². The van der Waals surface area contributed by atoms with Crippen LogP contribution >= 0.6 is 0 Å². The minimum absolute atomic E-state index is 0.0248. The van der Waals surface area contributed by atoms with Crippen molar-refractivity contribution < 1.29 is 19.7 Å². The van der Waals surface area contributed by atoms with E-state index in [0.29, 0.717) is 19.4 Å². The maximum atomic E-state index is 11.5. The summed E-state index contributed by atoms with van der Waals surface area (Å²) in [5.74, 6) is 0.767. The molecule has 0 bridgehead atoms. The van der Waals surface area contributed by atoms with E-state index >= 15 is 0 Å². The number of benzene rings is 2. The third kappa shape index (κ3) is 4.51. The second-order valence-corrected chi connectivity index (χ2v) is 8.38. The molecule has 0 saturated carbocycles. The number of piperidine rings is 1. The predicted octanol–water partition coefficient (Wildman–Crippen LogP) is 3.42. The number of fused-ring (bicyclic) bond motifs is 1. The van der Waals surface area contributed by atoms with Gasteiger partial charge in [-0.15, -0.1) is 0 Å². The van der Waals surface area contributed by atoms with Crippen molar-refractivity contribution in [1.82, 2.24) is 4.90 Å². The molecular formula is C24H30N2O4. The molecule has 0 aromatic heterocycles. The number of ether oxygens (including phenoxy) is 1. The molecule has 3 N–H and O–H groups in total. The summed E-state index contributed by atoms with van der Waals surface area (Å²) in [7, 11) is 0. The summed E-state index contributed by atoms with van der Waals surface area (Å²) in [4.78, 5) is 13.7. The highest BCUT2D eigenvalue weighted by Crippen LogP contribution is 2.44. The number of carbonyl (C=O) groups is 1. The van der Waals surface area contributed by atoms with Gasteiger partial charge in [-0.2, -0.15) is 0 Å². The fourth-order valence-corrected chi connectivity index (χ4v) is 4.42. The molecule has 0 aliphatic carbocycles. The highest BCUT2D eigenvalue weighted by Gasteiger charge is 2.42. The van der Waals surface area contributed by atoms with E-state index in [1.165, 1.54) is 0 Å². The standard InChI is InChI=1S/C24H30N2O4/c1-2-23(29)25-18-9-7-17(8-10-18)21(28)16-26-13-11-24(12-14-26)15-20(27)19-5-3-4-6-22(19)30-24/h3-10,20-21,27-28H,2,11-16H2,1H3,(H,25,29). The number of amides is 1. The largest absolute Gasteiger partial charge is 0.487 e. The molecule has 160 valence electrons. The molecule has 1 amide bonds. The lowest BCUT2D eigenvalue weighted by molar-refractivity contribution is -0.115. The highest BCUT2D eigenvalue weighted by atomic mass is 16.5. The Labute approximate surface area is 177 Å². The van der Waals surface area contributed by atoms with E-state index in [0.717, 1.165) is 48.5 Å². The number of β-amino-alcohol motifs (C(OH)–C–C–N with tert-alkyl or cyclic N) is 1. The molecule has 4 rings (SSSR count). The van der Waals surface area contributed by atoms with Gasteiger partial charge in [0.15, 0.2) is 0 Å². The van der Waals surface area contributed by atoms with Gasteiger partial charge in [0.25, 0.3) is 0 Å². The van der Waals surface area contributed by atoms with Gasteiger partial charge in [0, 0.05) is 43.7 Å². The van der Waals surface area contributed by atoms with Crippen molar-refractivity contribution in [2.75, 3.05) is 25.0 Å². The molecule has 30 heavy (non-hydrogen) atoms. The molecule has 6 nitrogen and oxygen atoms in total. The monoisotopic (exact) mass is 410 g/mol. The minimum Gasteiger partial charge on any atom is -0.487 e. The zero-order chi connectivity index (χ0) is 21.1. The van der Waals surface area contributed by atoms with Crippen molar-refractivity contribution >= 4 is 11.6 Å². The average Bonchev–Trinajstić information content (AvgIpc) is 2.76. The van der Waals surface area contributed by atoms with Crippen LogP contribution < -0.4 is 10.1 Å². The van der Waals surface area contributed by atoms with Crippen LogP contribution in [0.1, 0.15) is 55.9 Å². The summed E-state index contributed by atoms with van der Waals surface area (Å²) in [5, 5.41) is 24.1. The number of nitrogens with one attached hydrogen (secondary N) is 1. The summed E-state index contributed by atoms with van der Waals surface area (Å²) in [5.41, 5.74) is 2.13. The fraction of sp³-hybridized carbons (Fsp3) is 0.458. The SMILES string of the molecule is CCC(=O)Nc1ccc(C(O)CN2CCC3(CC2)CC(O)c2ccccc2O3)cc1. The van der Waals surface area contributed by atoms with Gasteiger partial charge in [-0.1, -0.05) is 37.3 Å².